The molecular weight excluding hydrogens is 292 g/mol. The molecule has 1 atom stereocenters. The maximum absolute atomic E-state index is 11.9. The number of nitrogens with one attached hydrogen (secondary N) is 2. The molecule has 0 fully saturated rings. The van der Waals surface area contributed by atoms with Gasteiger partial charge in [0, 0.05) is 35.1 Å². The molecule has 0 aliphatic rings. The number of halogens is 1. The molecule has 6 heteroatoms. The minimum absolute atomic E-state index is 0.0446. The molecule has 0 bridgehead atoms. The number of benzene rings is 1. The van der Waals surface area contributed by atoms with Gasteiger partial charge in [-0.25, -0.2) is 0 Å². The first kappa shape index (κ1) is 15.4. The van der Waals surface area contributed by atoms with Crippen molar-refractivity contribution in [2.24, 2.45) is 5.92 Å². The number of aromatic nitrogens is 1. The number of carboxylic acids is 1. The second kappa shape index (κ2) is 6.63. The van der Waals surface area contributed by atoms with Crippen molar-refractivity contribution in [1.82, 2.24) is 10.3 Å². The van der Waals surface area contributed by atoms with Gasteiger partial charge in [-0.2, -0.15) is 0 Å². The highest BCUT2D eigenvalue weighted by atomic mass is 35.5. The van der Waals surface area contributed by atoms with Crippen molar-refractivity contribution in [1.29, 1.82) is 0 Å². The van der Waals surface area contributed by atoms with Crippen molar-refractivity contribution in [3.63, 3.8) is 0 Å². The van der Waals surface area contributed by atoms with Crippen LogP contribution >= 0.6 is 11.6 Å². The largest absolute Gasteiger partial charge is 0.481 e. The van der Waals surface area contributed by atoms with Gasteiger partial charge in [-0.05, 0) is 29.7 Å². The molecule has 1 aromatic heterocycles. The van der Waals surface area contributed by atoms with Crippen molar-refractivity contribution >= 4 is 34.4 Å². The number of carboxylic acid groups (broad SMARTS) is 1. The first-order chi connectivity index (χ1) is 9.95. The Morgan fingerprint density at radius 2 is 2.19 bits per heavy atom. The molecule has 5 nitrogen and oxygen atoms in total. The number of aromatic amines is 1. The third kappa shape index (κ3) is 4.23. The molecule has 0 aliphatic carbocycles. The Labute approximate surface area is 127 Å². The number of rotatable bonds is 6. The fourth-order valence-electron chi connectivity index (χ4n) is 2.19. The number of aliphatic carboxylic acids is 1. The molecule has 0 saturated heterocycles. The van der Waals surface area contributed by atoms with Crippen LogP contribution in [0.25, 0.3) is 10.9 Å². The van der Waals surface area contributed by atoms with Crippen molar-refractivity contribution in [2.75, 3.05) is 6.54 Å². The van der Waals surface area contributed by atoms with Crippen LogP contribution < -0.4 is 5.32 Å². The van der Waals surface area contributed by atoms with E-state index in [9.17, 15) is 9.59 Å². The SMILES string of the molecule is CC(CNC(=O)Cc1c[nH]c2ccc(Cl)cc12)CC(=O)O. The summed E-state index contributed by atoms with van der Waals surface area (Å²) < 4.78 is 0. The topological polar surface area (TPSA) is 82.2 Å². The zero-order valence-corrected chi connectivity index (χ0v) is 12.4. The highest BCUT2D eigenvalue weighted by Crippen LogP contribution is 2.22. The van der Waals surface area contributed by atoms with Crippen LogP contribution in [0.3, 0.4) is 0 Å². The minimum atomic E-state index is -0.858. The summed E-state index contributed by atoms with van der Waals surface area (Å²) >= 11 is 5.97. The van der Waals surface area contributed by atoms with Crippen LogP contribution in [0.5, 0.6) is 0 Å². The van der Waals surface area contributed by atoms with E-state index in [2.05, 4.69) is 10.3 Å². The predicted molar refractivity (Wildman–Crippen MR) is 81.4 cm³/mol. The van der Waals surface area contributed by atoms with Crippen LogP contribution in [-0.4, -0.2) is 28.5 Å². The number of carbonyl (C=O) groups is 2. The summed E-state index contributed by atoms with van der Waals surface area (Å²) in [7, 11) is 0. The quantitative estimate of drug-likeness (QED) is 0.767. The lowest BCUT2D eigenvalue weighted by Crippen LogP contribution is -2.30. The zero-order chi connectivity index (χ0) is 15.4. The molecule has 2 rings (SSSR count). The summed E-state index contributed by atoms with van der Waals surface area (Å²) in [5, 5.41) is 13.0. The van der Waals surface area contributed by atoms with E-state index in [-0.39, 0.29) is 24.7 Å². The van der Waals surface area contributed by atoms with E-state index < -0.39 is 5.97 Å². The van der Waals surface area contributed by atoms with Gasteiger partial charge in [-0.1, -0.05) is 18.5 Å². The Balaban J connectivity index is 1.95. The van der Waals surface area contributed by atoms with Gasteiger partial charge in [0.05, 0.1) is 6.42 Å². The molecule has 0 aliphatic heterocycles. The van der Waals surface area contributed by atoms with Crippen molar-refractivity contribution in [3.05, 3.63) is 35.0 Å². The lowest BCUT2D eigenvalue weighted by atomic mass is 10.1. The number of hydrogen-bond donors (Lipinski definition) is 3. The number of amides is 1. The summed E-state index contributed by atoms with van der Waals surface area (Å²) in [6, 6.07) is 5.48. The lowest BCUT2D eigenvalue weighted by molar-refractivity contribution is -0.138. The lowest BCUT2D eigenvalue weighted by Gasteiger charge is -2.10. The van der Waals surface area contributed by atoms with Crippen LogP contribution in [-0.2, 0) is 16.0 Å². The normalized spacial score (nSPS) is 12.3. The third-order valence-electron chi connectivity index (χ3n) is 3.25. The first-order valence-electron chi connectivity index (χ1n) is 6.69. The Bertz CT molecular complexity index is 666. The average molecular weight is 309 g/mol. The molecule has 0 radical (unpaired) electrons. The van der Waals surface area contributed by atoms with E-state index in [1.807, 2.05) is 12.1 Å². The van der Waals surface area contributed by atoms with Gasteiger partial charge < -0.3 is 15.4 Å². The fourth-order valence-corrected chi connectivity index (χ4v) is 2.36. The van der Waals surface area contributed by atoms with E-state index in [1.165, 1.54) is 0 Å². The summed E-state index contributed by atoms with van der Waals surface area (Å²) in [5.74, 6) is -1.08. The maximum Gasteiger partial charge on any atom is 0.303 e. The molecule has 2 aromatic rings. The average Bonchev–Trinajstić information content (AvgIpc) is 2.78. The fraction of sp³-hybridized carbons (Fsp3) is 0.333. The Kier molecular flexibility index (Phi) is 4.85. The number of hydrogen-bond acceptors (Lipinski definition) is 2. The van der Waals surface area contributed by atoms with E-state index in [0.29, 0.717) is 11.6 Å². The van der Waals surface area contributed by atoms with Gasteiger partial charge in [-0.3, -0.25) is 9.59 Å². The van der Waals surface area contributed by atoms with Gasteiger partial charge in [0.2, 0.25) is 5.91 Å². The molecule has 0 spiro atoms. The van der Waals surface area contributed by atoms with Crippen molar-refractivity contribution < 1.29 is 14.7 Å². The molecule has 1 heterocycles. The van der Waals surface area contributed by atoms with Crippen LogP contribution in [0.4, 0.5) is 0 Å². The summed E-state index contributed by atoms with van der Waals surface area (Å²) in [6.45, 7) is 2.15. The highest BCUT2D eigenvalue weighted by Gasteiger charge is 2.12. The van der Waals surface area contributed by atoms with E-state index >= 15 is 0 Å². The van der Waals surface area contributed by atoms with Crippen LogP contribution in [0, 0.1) is 5.92 Å². The molecule has 0 saturated carbocycles. The number of carbonyl (C=O) groups excluding carboxylic acids is 1. The van der Waals surface area contributed by atoms with Gasteiger partial charge in [-0.15, -0.1) is 0 Å². The highest BCUT2D eigenvalue weighted by molar-refractivity contribution is 6.31. The minimum Gasteiger partial charge on any atom is -0.481 e. The molecule has 1 unspecified atom stereocenters. The molecular formula is C15H17ClN2O3. The standard InChI is InChI=1S/C15H17ClN2O3/c1-9(4-15(20)21)7-18-14(19)5-10-8-17-13-3-2-11(16)6-12(10)13/h2-3,6,8-9,17H,4-5,7H2,1H3,(H,18,19)(H,20,21). The molecule has 3 N–H and O–H groups in total. The zero-order valence-electron chi connectivity index (χ0n) is 11.6. The summed E-state index contributed by atoms with van der Waals surface area (Å²) in [6.07, 6.45) is 2.07. The third-order valence-corrected chi connectivity index (χ3v) is 3.49. The van der Waals surface area contributed by atoms with Gasteiger partial charge in [0.1, 0.15) is 0 Å². The first-order valence-corrected chi connectivity index (χ1v) is 7.07. The smallest absolute Gasteiger partial charge is 0.303 e. The van der Waals surface area contributed by atoms with E-state index in [4.69, 9.17) is 16.7 Å². The Hall–Kier alpha value is -2.01. The van der Waals surface area contributed by atoms with E-state index in [1.54, 1.807) is 19.2 Å². The maximum atomic E-state index is 11.9. The van der Waals surface area contributed by atoms with Crippen molar-refractivity contribution in [3.8, 4) is 0 Å². The predicted octanol–water partition coefficient (Wildman–Crippen LogP) is 2.59. The van der Waals surface area contributed by atoms with Gasteiger partial charge in [0.25, 0.3) is 0 Å². The monoisotopic (exact) mass is 308 g/mol. The molecule has 21 heavy (non-hydrogen) atoms. The summed E-state index contributed by atoms with van der Waals surface area (Å²) in [5.41, 5.74) is 1.80. The second-order valence-corrected chi connectivity index (χ2v) is 5.62. The van der Waals surface area contributed by atoms with Crippen LogP contribution in [0.2, 0.25) is 5.02 Å². The number of H-pyrrole nitrogens is 1. The summed E-state index contributed by atoms with van der Waals surface area (Å²) in [4.78, 5) is 25.6. The molecule has 1 aromatic carbocycles. The molecule has 1 amide bonds. The van der Waals surface area contributed by atoms with E-state index in [0.717, 1.165) is 16.5 Å². The van der Waals surface area contributed by atoms with Gasteiger partial charge >= 0.3 is 5.97 Å². The Morgan fingerprint density at radius 1 is 1.43 bits per heavy atom. The molecule has 112 valence electrons. The number of fused-ring (bicyclic) bond motifs is 1. The van der Waals surface area contributed by atoms with Crippen LogP contribution in [0.1, 0.15) is 18.9 Å². The van der Waals surface area contributed by atoms with Crippen LogP contribution in [0.15, 0.2) is 24.4 Å². The second-order valence-electron chi connectivity index (χ2n) is 5.19. The Morgan fingerprint density at radius 3 is 2.90 bits per heavy atom. The van der Waals surface area contributed by atoms with Crippen molar-refractivity contribution in [2.45, 2.75) is 19.8 Å². The van der Waals surface area contributed by atoms with Gasteiger partial charge in [0.15, 0.2) is 0 Å².